The van der Waals surface area contributed by atoms with Gasteiger partial charge in [-0.2, -0.15) is 0 Å². The van der Waals surface area contributed by atoms with Gasteiger partial charge in [-0.1, -0.05) is 24.3 Å². The van der Waals surface area contributed by atoms with E-state index in [4.69, 9.17) is 4.74 Å². The Balaban J connectivity index is 2.11. The molecule has 0 saturated heterocycles. The fourth-order valence-corrected chi connectivity index (χ4v) is 2.58. The second-order valence-corrected chi connectivity index (χ2v) is 6.91. The first-order valence-electron chi connectivity index (χ1n) is 8.29. The lowest BCUT2D eigenvalue weighted by Crippen LogP contribution is -2.47. The van der Waals surface area contributed by atoms with Crippen LogP contribution in [0.25, 0.3) is 0 Å². The first-order valence-corrected chi connectivity index (χ1v) is 8.29. The van der Waals surface area contributed by atoms with E-state index in [1.807, 2.05) is 19.1 Å². The van der Waals surface area contributed by atoms with Crippen molar-refractivity contribution in [2.75, 3.05) is 6.54 Å². The summed E-state index contributed by atoms with van der Waals surface area (Å²) in [5.74, 6) is -0.672. The van der Waals surface area contributed by atoms with Crippen molar-refractivity contribution >= 4 is 17.9 Å². The lowest BCUT2D eigenvalue weighted by Gasteiger charge is -2.25. The van der Waals surface area contributed by atoms with Gasteiger partial charge in [0.1, 0.15) is 5.60 Å². The van der Waals surface area contributed by atoms with Crippen LogP contribution in [0, 0.1) is 0 Å². The van der Waals surface area contributed by atoms with Crippen molar-refractivity contribution in [1.82, 2.24) is 10.2 Å². The molecular weight excluding hydrogens is 320 g/mol. The zero-order chi connectivity index (χ0) is 18.6. The predicted molar refractivity (Wildman–Crippen MR) is 94.4 cm³/mol. The highest BCUT2D eigenvalue weighted by Gasteiger charge is 2.36. The molecule has 0 aliphatic carbocycles. The van der Waals surface area contributed by atoms with E-state index < -0.39 is 17.7 Å². The molecule has 0 fully saturated rings. The largest absolute Gasteiger partial charge is 0.444 e. The topological polar surface area (TPSA) is 75.7 Å². The van der Waals surface area contributed by atoms with Crippen LogP contribution in [0.1, 0.15) is 54.8 Å². The molecule has 0 radical (unpaired) electrons. The Morgan fingerprint density at radius 2 is 1.76 bits per heavy atom. The first kappa shape index (κ1) is 18.7. The molecule has 1 heterocycles. The van der Waals surface area contributed by atoms with Crippen LogP contribution in [0.4, 0.5) is 4.79 Å². The number of rotatable bonds is 5. The van der Waals surface area contributed by atoms with Crippen molar-refractivity contribution in [3.8, 4) is 0 Å². The third-order valence-electron chi connectivity index (χ3n) is 3.66. The van der Waals surface area contributed by atoms with Gasteiger partial charge >= 0.3 is 6.09 Å². The number of alkyl carbamates (subject to hydrolysis) is 1. The quantitative estimate of drug-likeness (QED) is 0.658. The molecule has 1 atom stereocenters. The van der Waals surface area contributed by atoms with Gasteiger partial charge in [0.2, 0.25) is 0 Å². The third kappa shape index (κ3) is 4.68. The molecule has 1 N–H and O–H groups in total. The lowest BCUT2D eigenvalue weighted by molar-refractivity contribution is 0.0469. The minimum Gasteiger partial charge on any atom is -0.444 e. The maximum absolute atomic E-state index is 12.5. The number of nitrogens with one attached hydrogen (secondary N) is 1. The van der Waals surface area contributed by atoms with Crippen LogP contribution in [-0.4, -0.2) is 41.0 Å². The Bertz CT molecular complexity index is 669. The van der Waals surface area contributed by atoms with Gasteiger partial charge in [-0.3, -0.25) is 14.5 Å². The van der Waals surface area contributed by atoms with E-state index in [1.54, 1.807) is 45.0 Å². The Labute approximate surface area is 147 Å². The van der Waals surface area contributed by atoms with Gasteiger partial charge in [-0.15, -0.1) is 0 Å². The fraction of sp³-hybridized carbons (Fsp3) is 0.421. The molecule has 134 valence electrons. The Hall–Kier alpha value is -2.63. The number of carbonyl (C=O) groups excluding carboxylic acids is 3. The highest BCUT2D eigenvalue weighted by Crippen LogP contribution is 2.23. The van der Waals surface area contributed by atoms with Gasteiger partial charge in [0.15, 0.2) is 0 Å². The number of nitrogens with zero attached hydrogens (tertiary/aromatic N) is 1. The van der Waals surface area contributed by atoms with E-state index in [-0.39, 0.29) is 18.4 Å². The SMILES string of the molecule is C/C=C/C[C@H](CN1C(=O)c2ccccc2C1=O)NC(=O)OC(C)(C)C. The predicted octanol–water partition coefficient (Wildman–Crippen LogP) is 3.14. The summed E-state index contributed by atoms with van der Waals surface area (Å²) in [6, 6.07) is 6.30. The summed E-state index contributed by atoms with van der Waals surface area (Å²) in [5.41, 5.74) is 0.175. The molecule has 0 unspecified atom stereocenters. The number of carbonyl (C=O) groups is 3. The second kappa shape index (κ2) is 7.51. The molecule has 6 nitrogen and oxygen atoms in total. The zero-order valence-electron chi connectivity index (χ0n) is 15.0. The van der Waals surface area contributed by atoms with Gasteiger partial charge in [0, 0.05) is 6.54 Å². The number of allylic oxidation sites excluding steroid dienone is 1. The molecule has 0 aromatic heterocycles. The second-order valence-electron chi connectivity index (χ2n) is 6.91. The number of amides is 3. The maximum Gasteiger partial charge on any atom is 0.407 e. The normalized spacial score (nSPS) is 15.4. The number of hydrogen-bond acceptors (Lipinski definition) is 4. The van der Waals surface area contributed by atoms with E-state index in [0.29, 0.717) is 17.5 Å². The molecule has 3 amide bonds. The van der Waals surface area contributed by atoms with Gasteiger partial charge in [-0.25, -0.2) is 4.79 Å². The van der Waals surface area contributed by atoms with Crippen molar-refractivity contribution in [3.63, 3.8) is 0 Å². The van der Waals surface area contributed by atoms with Crippen LogP contribution in [0.5, 0.6) is 0 Å². The molecule has 0 spiro atoms. The lowest BCUT2D eigenvalue weighted by atomic mass is 10.1. The van der Waals surface area contributed by atoms with E-state index in [1.165, 1.54) is 4.90 Å². The van der Waals surface area contributed by atoms with Crippen LogP contribution in [0.3, 0.4) is 0 Å². The highest BCUT2D eigenvalue weighted by atomic mass is 16.6. The van der Waals surface area contributed by atoms with Crippen molar-refractivity contribution < 1.29 is 19.1 Å². The summed E-state index contributed by atoms with van der Waals surface area (Å²) < 4.78 is 5.27. The van der Waals surface area contributed by atoms with Crippen molar-refractivity contribution in [2.24, 2.45) is 0 Å². The maximum atomic E-state index is 12.5. The summed E-state index contributed by atoms with van der Waals surface area (Å²) in [6.45, 7) is 7.29. The third-order valence-corrected chi connectivity index (χ3v) is 3.66. The fourth-order valence-electron chi connectivity index (χ4n) is 2.58. The Morgan fingerprint density at radius 1 is 1.20 bits per heavy atom. The van der Waals surface area contributed by atoms with Crippen LogP contribution in [-0.2, 0) is 4.74 Å². The van der Waals surface area contributed by atoms with E-state index in [9.17, 15) is 14.4 Å². The molecule has 1 aliphatic heterocycles. The van der Waals surface area contributed by atoms with Crippen molar-refractivity contribution in [1.29, 1.82) is 0 Å². The van der Waals surface area contributed by atoms with Crippen molar-refractivity contribution in [2.45, 2.75) is 45.8 Å². The average Bonchev–Trinajstić information content (AvgIpc) is 2.76. The molecule has 1 aliphatic rings. The van der Waals surface area contributed by atoms with Crippen molar-refractivity contribution in [3.05, 3.63) is 47.5 Å². The van der Waals surface area contributed by atoms with E-state index >= 15 is 0 Å². The number of imide groups is 1. The molecule has 0 bridgehead atoms. The standard InChI is InChI=1S/C19H24N2O4/c1-5-6-9-13(20-18(24)25-19(2,3)4)12-21-16(22)14-10-7-8-11-15(14)17(21)23/h5-8,10-11,13H,9,12H2,1-4H3,(H,20,24)/b6-5+/t13-/m1/s1. The van der Waals surface area contributed by atoms with Gasteiger partial charge in [0.25, 0.3) is 11.8 Å². The molecule has 1 aromatic carbocycles. The van der Waals surface area contributed by atoms with E-state index in [0.717, 1.165) is 0 Å². The number of ether oxygens (including phenoxy) is 1. The smallest absolute Gasteiger partial charge is 0.407 e. The van der Waals surface area contributed by atoms with Crippen LogP contribution < -0.4 is 5.32 Å². The van der Waals surface area contributed by atoms with Gasteiger partial charge < -0.3 is 10.1 Å². The monoisotopic (exact) mass is 344 g/mol. The number of fused-ring (bicyclic) bond motifs is 1. The highest BCUT2D eigenvalue weighted by molar-refractivity contribution is 6.21. The van der Waals surface area contributed by atoms with E-state index in [2.05, 4.69) is 5.32 Å². The minimum absolute atomic E-state index is 0.0932. The first-order chi connectivity index (χ1) is 11.7. The Morgan fingerprint density at radius 3 is 2.24 bits per heavy atom. The molecule has 2 rings (SSSR count). The van der Waals surface area contributed by atoms with Gasteiger partial charge in [-0.05, 0) is 46.2 Å². The molecule has 0 saturated carbocycles. The molecule has 6 heteroatoms. The average molecular weight is 344 g/mol. The number of benzene rings is 1. The molecule has 1 aromatic rings. The van der Waals surface area contributed by atoms with Crippen LogP contribution in [0.2, 0.25) is 0 Å². The van der Waals surface area contributed by atoms with Crippen LogP contribution in [0.15, 0.2) is 36.4 Å². The molecular formula is C19H24N2O4. The molecule has 25 heavy (non-hydrogen) atoms. The summed E-state index contributed by atoms with van der Waals surface area (Å²) in [5, 5.41) is 2.74. The summed E-state index contributed by atoms with van der Waals surface area (Å²) >= 11 is 0. The van der Waals surface area contributed by atoms with Gasteiger partial charge in [0.05, 0.1) is 17.2 Å². The minimum atomic E-state index is -0.620. The summed E-state index contributed by atoms with van der Waals surface area (Å²) in [4.78, 5) is 38.2. The zero-order valence-corrected chi connectivity index (χ0v) is 15.0. The van der Waals surface area contributed by atoms with Crippen LogP contribution >= 0.6 is 0 Å². The Kier molecular flexibility index (Phi) is 5.62. The summed E-state index contributed by atoms with van der Waals surface area (Å²) in [6.07, 6.45) is 3.65. The number of hydrogen-bond donors (Lipinski definition) is 1. The summed E-state index contributed by atoms with van der Waals surface area (Å²) in [7, 11) is 0.